The van der Waals surface area contributed by atoms with Gasteiger partial charge in [-0.05, 0) is 61.8 Å². The minimum absolute atomic E-state index is 0.0169. The lowest BCUT2D eigenvalue weighted by Gasteiger charge is -2.25. The summed E-state index contributed by atoms with van der Waals surface area (Å²) >= 11 is 0. The molecular weight excluding hydrogens is 712 g/mol. The van der Waals surface area contributed by atoms with Crippen molar-refractivity contribution in [2.45, 2.75) is 97.6 Å². The number of nitrogens with two attached hydrogens (primary N) is 1. The number of hydrogen-bond acceptors (Lipinski definition) is 9. The summed E-state index contributed by atoms with van der Waals surface area (Å²) in [5, 5.41) is 20.6. The van der Waals surface area contributed by atoms with E-state index in [-0.39, 0.29) is 55.6 Å². The highest BCUT2D eigenvalue weighted by Gasteiger charge is 2.29. The van der Waals surface area contributed by atoms with Crippen molar-refractivity contribution in [3.63, 3.8) is 0 Å². The maximum absolute atomic E-state index is 13.5. The molecule has 1 aliphatic heterocycles. The highest BCUT2D eigenvalue weighted by molar-refractivity contribution is 5.98. The van der Waals surface area contributed by atoms with E-state index in [2.05, 4.69) is 21.3 Å². The lowest BCUT2D eigenvalue weighted by Crippen LogP contribution is -2.54. The van der Waals surface area contributed by atoms with Crippen LogP contribution in [0.2, 0.25) is 0 Å². The Kier molecular flexibility index (Phi) is 19.7. The van der Waals surface area contributed by atoms with Gasteiger partial charge in [-0.1, -0.05) is 46.2 Å². The third kappa shape index (κ3) is 16.4. The van der Waals surface area contributed by atoms with Crippen LogP contribution < -0.4 is 27.0 Å². The van der Waals surface area contributed by atoms with E-state index in [1.54, 1.807) is 57.1 Å². The number of primary amides is 1. The fourth-order valence-corrected chi connectivity index (χ4v) is 5.54. The number of urea groups is 1. The van der Waals surface area contributed by atoms with Gasteiger partial charge in [0.05, 0.1) is 0 Å². The van der Waals surface area contributed by atoms with Gasteiger partial charge in [0.25, 0.3) is 0 Å². The van der Waals surface area contributed by atoms with Crippen LogP contribution in [-0.2, 0) is 35.3 Å². The smallest absolute Gasteiger partial charge is 0.409 e. The average molecular weight is 773 g/mol. The van der Waals surface area contributed by atoms with Crippen LogP contribution in [0.3, 0.4) is 0 Å². The molecule has 1 aromatic carbocycles. The molecule has 0 saturated carbocycles. The third-order valence-corrected chi connectivity index (χ3v) is 9.26. The molecular formula is C38H60N8O9. The van der Waals surface area contributed by atoms with Gasteiger partial charge in [-0.15, -0.1) is 0 Å². The van der Waals surface area contributed by atoms with Crippen molar-refractivity contribution in [2.75, 3.05) is 45.6 Å². The van der Waals surface area contributed by atoms with Crippen molar-refractivity contribution in [1.29, 1.82) is 0 Å². The Hall–Kier alpha value is -5.19. The van der Waals surface area contributed by atoms with Crippen LogP contribution in [-0.4, -0.2) is 120 Å². The summed E-state index contributed by atoms with van der Waals surface area (Å²) in [5.41, 5.74) is 6.26. The second-order valence-corrected chi connectivity index (χ2v) is 14.1. The number of anilines is 1. The monoisotopic (exact) mass is 772 g/mol. The number of aliphatic hydroxyl groups is 1. The zero-order chi connectivity index (χ0) is 41.1. The molecule has 4 unspecified atom stereocenters. The quantitative estimate of drug-likeness (QED) is 0.0893. The Balaban J connectivity index is 1.92. The highest BCUT2D eigenvalue weighted by Crippen LogP contribution is 2.15. The van der Waals surface area contributed by atoms with Gasteiger partial charge in [-0.25, -0.2) is 9.59 Å². The number of carbonyl (C=O) groups is 7. The minimum atomic E-state index is -1.02. The van der Waals surface area contributed by atoms with Crippen molar-refractivity contribution < 1.29 is 43.4 Å². The second kappa shape index (κ2) is 23.6. The largest absolute Gasteiger partial charge is 0.445 e. The zero-order valence-electron chi connectivity index (χ0n) is 33.0. The van der Waals surface area contributed by atoms with Crippen LogP contribution in [0.4, 0.5) is 15.3 Å². The zero-order valence-corrected chi connectivity index (χ0v) is 33.0. The van der Waals surface area contributed by atoms with E-state index in [1.807, 2.05) is 13.8 Å². The molecule has 7 N–H and O–H groups in total. The van der Waals surface area contributed by atoms with Gasteiger partial charge in [0.2, 0.25) is 29.5 Å². The number of ether oxygens (including phenoxy) is 1. The molecule has 4 atom stereocenters. The summed E-state index contributed by atoms with van der Waals surface area (Å²) < 4.78 is 5.41. The van der Waals surface area contributed by atoms with Gasteiger partial charge in [-0.3, -0.25) is 24.0 Å². The first-order valence-corrected chi connectivity index (χ1v) is 18.9. The number of hydrogen-bond donors (Lipinski definition) is 6. The van der Waals surface area contributed by atoms with Gasteiger partial charge in [0, 0.05) is 64.4 Å². The highest BCUT2D eigenvalue weighted by atomic mass is 16.6. The van der Waals surface area contributed by atoms with Crippen LogP contribution in [0.25, 0.3) is 0 Å². The van der Waals surface area contributed by atoms with Gasteiger partial charge < -0.3 is 51.5 Å². The molecule has 8 amide bonds. The SMILES string of the molecule is CCC(C)C(=O)N(C)CCN(C)C(=O)OCc1ccc(NC(=O)C(CCCNC(N)=O)NC(=O)C(NC(=O)CCCCCN2C(=O)C=CC2O)C(C)C)cc1. The Bertz CT molecular complexity index is 1490. The predicted octanol–water partition coefficient (Wildman–Crippen LogP) is 2.05. The van der Waals surface area contributed by atoms with E-state index < -0.39 is 42.3 Å². The van der Waals surface area contributed by atoms with E-state index in [0.29, 0.717) is 56.6 Å². The van der Waals surface area contributed by atoms with Crippen molar-refractivity contribution >= 4 is 47.3 Å². The Labute approximate surface area is 323 Å². The normalized spacial score (nSPS) is 15.2. The Morgan fingerprint density at radius 2 is 1.60 bits per heavy atom. The molecule has 1 aromatic rings. The molecule has 0 fully saturated rings. The van der Waals surface area contributed by atoms with Crippen molar-refractivity contribution in [3.05, 3.63) is 42.0 Å². The molecule has 0 bridgehead atoms. The van der Waals surface area contributed by atoms with Crippen molar-refractivity contribution in [3.8, 4) is 0 Å². The fraction of sp³-hybridized carbons (Fsp3) is 0.605. The van der Waals surface area contributed by atoms with Gasteiger partial charge >= 0.3 is 12.1 Å². The number of unbranched alkanes of at least 4 members (excludes halogenated alkanes) is 2. The van der Waals surface area contributed by atoms with Crippen molar-refractivity contribution in [2.24, 2.45) is 17.6 Å². The van der Waals surface area contributed by atoms with Crippen molar-refractivity contribution in [1.82, 2.24) is 30.7 Å². The number of aliphatic hydroxyl groups excluding tert-OH is 1. The van der Waals surface area contributed by atoms with E-state index >= 15 is 0 Å². The Morgan fingerprint density at radius 3 is 2.20 bits per heavy atom. The van der Waals surface area contributed by atoms with Crippen LogP contribution in [0, 0.1) is 11.8 Å². The second-order valence-electron chi connectivity index (χ2n) is 14.1. The maximum Gasteiger partial charge on any atom is 0.409 e. The molecule has 0 aliphatic carbocycles. The standard InChI is InChI=1S/C38H60N8O9/c1-7-26(4)36(52)44(5)22-23-45(6)38(54)55-24-27-14-16-28(17-15-27)41-34(50)29(12-11-20-40-37(39)53)42-35(51)33(25(2)3)43-30(47)13-9-8-10-21-46-31(48)18-19-32(46)49/h14-19,25-26,29,31,33,48H,7-13,20-24H2,1-6H3,(H,41,50)(H,42,51)(H,43,47)(H3,39,40,53). The first-order chi connectivity index (χ1) is 26.0. The summed E-state index contributed by atoms with van der Waals surface area (Å²) in [5.74, 6) is -2.03. The number of rotatable bonds is 23. The summed E-state index contributed by atoms with van der Waals surface area (Å²) in [6, 6.07) is 3.97. The number of amides is 8. The summed E-state index contributed by atoms with van der Waals surface area (Å²) in [7, 11) is 3.29. The van der Waals surface area contributed by atoms with Crippen LogP contribution in [0.5, 0.6) is 0 Å². The summed E-state index contributed by atoms with van der Waals surface area (Å²) in [6.45, 7) is 8.55. The van der Waals surface area contributed by atoms with E-state index in [9.17, 15) is 38.7 Å². The minimum Gasteiger partial charge on any atom is -0.445 e. The molecule has 17 nitrogen and oxygen atoms in total. The molecule has 17 heteroatoms. The van der Waals surface area contributed by atoms with Crippen LogP contribution in [0.15, 0.2) is 36.4 Å². The number of nitrogens with one attached hydrogen (secondary N) is 4. The molecule has 1 heterocycles. The number of benzene rings is 1. The van der Waals surface area contributed by atoms with Crippen LogP contribution in [0.1, 0.15) is 78.2 Å². The van der Waals surface area contributed by atoms with Crippen LogP contribution >= 0.6 is 0 Å². The predicted molar refractivity (Wildman–Crippen MR) is 206 cm³/mol. The van der Waals surface area contributed by atoms with E-state index in [4.69, 9.17) is 10.5 Å². The van der Waals surface area contributed by atoms with Gasteiger partial charge in [0.15, 0.2) is 0 Å². The Morgan fingerprint density at radius 1 is 0.927 bits per heavy atom. The molecule has 1 aliphatic rings. The first kappa shape index (κ1) is 46.0. The fourth-order valence-electron chi connectivity index (χ4n) is 5.54. The van der Waals surface area contributed by atoms with Gasteiger partial charge in [0.1, 0.15) is 24.9 Å². The molecule has 0 saturated heterocycles. The lowest BCUT2D eigenvalue weighted by atomic mass is 10.0. The topological polar surface area (TPSA) is 233 Å². The number of likely N-dealkylation sites (N-methyl/N-ethyl adjacent to an activating group) is 2. The third-order valence-electron chi connectivity index (χ3n) is 9.26. The summed E-state index contributed by atoms with van der Waals surface area (Å²) in [4.78, 5) is 91.8. The molecule has 0 radical (unpaired) electrons. The lowest BCUT2D eigenvalue weighted by molar-refractivity contribution is -0.134. The summed E-state index contributed by atoms with van der Waals surface area (Å²) in [6.07, 6.45) is 4.37. The number of nitrogens with zero attached hydrogens (tertiary/aromatic N) is 3. The molecule has 0 aromatic heterocycles. The molecule has 55 heavy (non-hydrogen) atoms. The average Bonchev–Trinajstić information content (AvgIpc) is 3.47. The maximum atomic E-state index is 13.5. The van der Waals surface area contributed by atoms with Gasteiger partial charge in [-0.2, -0.15) is 0 Å². The molecule has 306 valence electrons. The van der Waals surface area contributed by atoms with E-state index in [1.165, 1.54) is 22.0 Å². The molecule has 0 spiro atoms. The first-order valence-electron chi connectivity index (χ1n) is 18.9. The van der Waals surface area contributed by atoms with E-state index in [0.717, 1.165) is 6.42 Å². The number of carbonyl (C=O) groups excluding carboxylic acids is 7. The molecule has 2 rings (SSSR count).